The minimum absolute atomic E-state index is 0.0646. The lowest BCUT2D eigenvalue weighted by atomic mass is 9.96. The summed E-state index contributed by atoms with van der Waals surface area (Å²) in [5.74, 6) is 1.79. The highest BCUT2D eigenvalue weighted by molar-refractivity contribution is 5.94. The maximum absolute atomic E-state index is 12.6. The molecule has 24 heavy (non-hydrogen) atoms. The van der Waals surface area contributed by atoms with Crippen molar-refractivity contribution in [3.8, 4) is 6.07 Å². The summed E-state index contributed by atoms with van der Waals surface area (Å²) < 4.78 is 2.24. The molecule has 5 heteroatoms. The summed E-state index contributed by atoms with van der Waals surface area (Å²) in [6.45, 7) is 4.69. The molecule has 0 unspecified atom stereocenters. The van der Waals surface area contributed by atoms with Crippen LogP contribution in [0.2, 0.25) is 0 Å². The Morgan fingerprint density at radius 2 is 2.00 bits per heavy atom. The summed E-state index contributed by atoms with van der Waals surface area (Å²) in [4.78, 5) is 18.8. The molecule has 2 aromatic rings. The van der Waals surface area contributed by atoms with E-state index >= 15 is 0 Å². The van der Waals surface area contributed by atoms with Crippen molar-refractivity contribution in [2.45, 2.75) is 32.7 Å². The molecule has 0 aliphatic carbocycles. The highest BCUT2D eigenvalue weighted by atomic mass is 16.2. The van der Waals surface area contributed by atoms with Gasteiger partial charge in [0.1, 0.15) is 5.82 Å². The van der Waals surface area contributed by atoms with E-state index in [4.69, 9.17) is 5.26 Å². The number of benzene rings is 1. The van der Waals surface area contributed by atoms with Crippen molar-refractivity contribution in [1.29, 1.82) is 5.26 Å². The van der Waals surface area contributed by atoms with Crippen molar-refractivity contribution < 1.29 is 4.79 Å². The molecule has 124 valence electrons. The van der Waals surface area contributed by atoms with E-state index in [1.54, 1.807) is 24.3 Å². The van der Waals surface area contributed by atoms with Gasteiger partial charge < -0.3 is 9.47 Å². The predicted octanol–water partition coefficient (Wildman–Crippen LogP) is 2.87. The second-order valence-electron chi connectivity index (χ2n) is 6.27. The van der Waals surface area contributed by atoms with Gasteiger partial charge in [0.25, 0.3) is 5.91 Å². The first-order valence-corrected chi connectivity index (χ1v) is 8.50. The van der Waals surface area contributed by atoms with Crippen molar-refractivity contribution in [2.24, 2.45) is 5.92 Å². The molecule has 0 bridgehead atoms. The maximum atomic E-state index is 12.6. The number of rotatable bonds is 4. The summed E-state index contributed by atoms with van der Waals surface area (Å²) in [5, 5.41) is 8.84. The average Bonchev–Trinajstić information content (AvgIpc) is 3.09. The fourth-order valence-corrected chi connectivity index (χ4v) is 3.29. The van der Waals surface area contributed by atoms with Crippen LogP contribution in [0.25, 0.3) is 0 Å². The van der Waals surface area contributed by atoms with E-state index in [2.05, 4.69) is 22.5 Å². The quantitative estimate of drug-likeness (QED) is 0.869. The highest BCUT2D eigenvalue weighted by Gasteiger charge is 2.24. The largest absolute Gasteiger partial charge is 0.339 e. The molecule has 2 heterocycles. The van der Waals surface area contributed by atoms with E-state index in [0.717, 1.165) is 44.7 Å². The second kappa shape index (κ2) is 7.31. The molecule has 0 radical (unpaired) electrons. The molecule has 3 rings (SSSR count). The number of hydrogen-bond donors (Lipinski definition) is 0. The van der Waals surface area contributed by atoms with Gasteiger partial charge in [-0.05, 0) is 43.0 Å². The van der Waals surface area contributed by atoms with Crippen LogP contribution in [0.4, 0.5) is 0 Å². The van der Waals surface area contributed by atoms with Crippen LogP contribution in [-0.4, -0.2) is 33.4 Å². The standard InChI is InChI=1S/C19H22N4O/c1-2-18-21-9-12-23(18)14-16-7-10-22(11-8-16)19(24)17-5-3-15(13-20)4-6-17/h3-6,9,12,16H,2,7-8,10-11,14H2,1H3. The predicted molar refractivity (Wildman–Crippen MR) is 91.4 cm³/mol. The number of likely N-dealkylation sites (tertiary alicyclic amines) is 1. The Bertz CT molecular complexity index is 733. The van der Waals surface area contributed by atoms with Crippen LogP contribution < -0.4 is 0 Å². The van der Waals surface area contributed by atoms with Crippen LogP contribution in [0.15, 0.2) is 36.7 Å². The number of hydrogen-bond acceptors (Lipinski definition) is 3. The van der Waals surface area contributed by atoms with Gasteiger partial charge in [0.2, 0.25) is 0 Å². The van der Waals surface area contributed by atoms with Gasteiger partial charge in [-0.2, -0.15) is 5.26 Å². The van der Waals surface area contributed by atoms with E-state index in [1.165, 1.54) is 0 Å². The molecule has 1 aliphatic rings. The molecule has 5 nitrogen and oxygen atoms in total. The van der Waals surface area contributed by atoms with Crippen molar-refractivity contribution in [1.82, 2.24) is 14.5 Å². The Balaban J connectivity index is 1.56. The average molecular weight is 322 g/mol. The third-order valence-electron chi connectivity index (χ3n) is 4.74. The third-order valence-corrected chi connectivity index (χ3v) is 4.74. The Morgan fingerprint density at radius 3 is 2.62 bits per heavy atom. The van der Waals surface area contributed by atoms with E-state index in [-0.39, 0.29) is 5.91 Å². The normalized spacial score (nSPS) is 15.2. The number of aromatic nitrogens is 2. The van der Waals surface area contributed by atoms with Gasteiger partial charge in [0.15, 0.2) is 0 Å². The van der Waals surface area contributed by atoms with Gasteiger partial charge in [0.05, 0.1) is 11.6 Å². The molecule has 0 saturated carbocycles. The van der Waals surface area contributed by atoms with Crippen LogP contribution in [-0.2, 0) is 13.0 Å². The number of imidazole rings is 1. The molecule has 0 spiro atoms. The Labute approximate surface area is 142 Å². The van der Waals surface area contributed by atoms with Gasteiger partial charge in [-0.25, -0.2) is 4.98 Å². The van der Waals surface area contributed by atoms with Crippen LogP contribution in [0.1, 0.15) is 41.5 Å². The summed E-state index contributed by atoms with van der Waals surface area (Å²) in [6.07, 6.45) is 6.89. The van der Waals surface area contributed by atoms with Crippen molar-refractivity contribution in [3.63, 3.8) is 0 Å². The molecule has 0 atom stereocenters. The first-order valence-electron chi connectivity index (χ1n) is 8.50. The van der Waals surface area contributed by atoms with E-state index in [0.29, 0.717) is 17.0 Å². The second-order valence-corrected chi connectivity index (χ2v) is 6.27. The molecule has 1 amide bonds. The lowest BCUT2D eigenvalue weighted by molar-refractivity contribution is 0.0682. The minimum Gasteiger partial charge on any atom is -0.339 e. The first kappa shape index (κ1) is 16.3. The number of carbonyl (C=O) groups is 1. The lowest BCUT2D eigenvalue weighted by Gasteiger charge is -2.32. The van der Waals surface area contributed by atoms with Crippen molar-refractivity contribution >= 4 is 5.91 Å². The van der Waals surface area contributed by atoms with Crippen molar-refractivity contribution in [3.05, 3.63) is 53.6 Å². The van der Waals surface area contributed by atoms with Crippen LogP contribution in [0.3, 0.4) is 0 Å². The van der Waals surface area contributed by atoms with Gasteiger partial charge >= 0.3 is 0 Å². The summed E-state index contributed by atoms with van der Waals surface area (Å²) in [5.41, 5.74) is 1.24. The lowest BCUT2D eigenvalue weighted by Crippen LogP contribution is -2.39. The molecule has 1 aliphatic heterocycles. The fraction of sp³-hybridized carbons (Fsp3) is 0.421. The molecule has 1 aromatic heterocycles. The molecule has 1 aromatic carbocycles. The molecular weight excluding hydrogens is 300 g/mol. The van der Waals surface area contributed by atoms with E-state index in [1.807, 2.05) is 17.3 Å². The first-order chi connectivity index (χ1) is 11.7. The van der Waals surface area contributed by atoms with Crippen LogP contribution in [0.5, 0.6) is 0 Å². The Kier molecular flexibility index (Phi) is 4.95. The zero-order valence-electron chi connectivity index (χ0n) is 14.0. The number of nitrogens with zero attached hydrogens (tertiary/aromatic N) is 4. The zero-order chi connectivity index (χ0) is 16.9. The number of carbonyl (C=O) groups excluding carboxylic acids is 1. The van der Waals surface area contributed by atoms with E-state index in [9.17, 15) is 4.79 Å². The Morgan fingerprint density at radius 1 is 1.29 bits per heavy atom. The Hall–Kier alpha value is -2.61. The molecule has 1 saturated heterocycles. The minimum atomic E-state index is 0.0646. The van der Waals surface area contributed by atoms with E-state index < -0.39 is 0 Å². The maximum Gasteiger partial charge on any atom is 0.253 e. The summed E-state index contributed by atoms with van der Waals surface area (Å²) >= 11 is 0. The summed E-state index contributed by atoms with van der Waals surface area (Å²) in [6, 6.07) is 8.96. The van der Waals surface area contributed by atoms with Crippen LogP contribution >= 0.6 is 0 Å². The molecule has 1 fully saturated rings. The molecule has 0 N–H and O–H groups in total. The number of aryl methyl sites for hydroxylation is 1. The topological polar surface area (TPSA) is 61.9 Å². The zero-order valence-corrected chi connectivity index (χ0v) is 14.0. The highest BCUT2D eigenvalue weighted by Crippen LogP contribution is 2.21. The van der Waals surface area contributed by atoms with Gasteiger partial charge in [-0.15, -0.1) is 0 Å². The SMILES string of the molecule is CCc1nccn1CC1CCN(C(=O)c2ccc(C#N)cc2)CC1. The smallest absolute Gasteiger partial charge is 0.253 e. The molecular formula is C19H22N4O. The number of piperidine rings is 1. The number of amides is 1. The van der Waals surface area contributed by atoms with Gasteiger partial charge in [0, 0.05) is 44.0 Å². The van der Waals surface area contributed by atoms with Gasteiger partial charge in [-0.1, -0.05) is 6.92 Å². The third kappa shape index (κ3) is 3.48. The monoisotopic (exact) mass is 322 g/mol. The van der Waals surface area contributed by atoms with Crippen molar-refractivity contribution in [2.75, 3.05) is 13.1 Å². The van der Waals surface area contributed by atoms with Crippen LogP contribution in [0, 0.1) is 17.2 Å². The number of nitriles is 1. The summed E-state index contributed by atoms with van der Waals surface area (Å²) in [7, 11) is 0. The fourth-order valence-electron chi connectivity index (χ4n) is 3.29. The van der Waals surface area contributed by atoms with Gasteiger partial charge in [-0.3, -0.25) is 4.79 Å².